The van der Waals surface area contributed by atoms with Crippen LogP contribution in [0.3, 0.4) is 0 Å². The van der Waals surface area contributed by atoms with Crippen LogP contribution in [-0.4, -0.2) is 35.9 Å². The maximum absolute atomic E-state index is 13.0. The largest absolute Gasteiger partial charge is 0.484 e. The Hall–Kier alpha value is -2.24. The summed E-state index contributed by atoms with van der Waals surface area (Å²) in [5.74, 6) is 0.123. The highest BCUT2D eigenvalue weighted by Crippen LogP contribution is 2.24. The molecule has 0 heterocycles. The number of likely N-dealkylation sites (N-methyl/N-ethyl adjacent to an activating group) is 1. The first-order chi connectivity index (χ1) is 13.8. The summed E-state index contributed by atoms with van der Waals surface area (Å²) in [6.07, 6.45) is 0.476. The highest BCUT2D eigenvalue weighted by Gasteiger charge is 2.28. The number of nitrogens with zero attached hydrogens (tertiary/aromatic N) is 1. The molecule has 7 heteroatoms. The predicted molar refractivity (Wildman–Crippen MR) is 116 cm³/mol. The van der Waals surface area contributed by atoms with Crippen molar-refractivity contribution in [3.05, 3.63) is 63.6 Å². The van der Waals surface area contributed by atoms with Gasteiger partial charge in [-0.1, -0.05) is 53.9 Å². The first-order valence-electron chi connectivity index (χ1n) is 9.56. The highest BCUT2D eigenvalue weighted by atomic mass is 35.5. The van der Waals surface area contributed by atoms with E-state index in [2.05, 4.69) is 5.32 Å². The van der Waals surface area contributed by atoms with Crippen molar-refractivity contribution < 1.29 is 14.3 Å². The van der Waals surface area contributed by atoms with Crippen LogP contribution in [-0.2, 0) is 16.1 Å². The van der Waals surface area contributed by atoms with Gasteiger partial charge in [0.25, 0.3) is 5.91 Å². The van der Waals surface area contributed by atoms with Gasteiger partial charge in [-0.25, -0.2) is 0 Å². The van der Waals surface area contributed by atoms with Crippen LogP contribution in [0.2, 0.25) is 10.0 Å². The van der Waals surface area contributed by atoms with Crippen LogP contribution in [0.15, 0.2) is 42.5 Å². The summed E-state index contributed by atoms with van der Waals surface area (Å²) >= 11 is 12.1. The number of carbonyl (C=O) groups is 2. The van der Waals surface area contributed by atoms with Crippen LogP contribution in [0.1, 0.15) is 31.4 Å². The maximum Gasteiger partial charge on any atom is 0.261 e. The van der Waals surface area contributed by atoms with E-state index in [0.717, 1.165) is 11.1 Å². The Morgan fingerprint density at radius 3 is 2.34 bits per heavy atom. The first kappa shape index (κ1) is 23.0. The van der Waals surface area contributed by atoms with Crippen LogP contribution in [0.4, 0.5) is 0 Å². The molecular formula is C22H26Cl2N2O3. The van der Waals surface area contributed by atoms with Crippen LogP contribution in [0.25, 0.3) is 0 Å². The molecule has 1 N–H and O–H groups in total. The van der Waals surface area contributed by atoms with E-state index in [0.29, 0.717) is 28.8 Å². The molecular weight excluding hydrogens is 411 g/mol. The standard InChI is InChI=1S/C22H26Cl2N2O3/c1-4-20(22(28)25-5-2)26(13-16-8-11-18(23)19(24)12-16)21(27)14-29-17-9-6-15(3)7-10-17/h6-12,20H,4-5,13-14H2,1-3H3,(H,25,28)/t20-/m1/s1. The van der Waals surface area contributed by atoms with Gasteiger partial charge in [0.2, 0.25) is 5.91 Å². The van der Waals surface area contributed by atoms with Crippen molar-refractivity contribution in [2.24, 2.45) is 0 Å². The summed E-state index contributed by atoms with van der Waals surface area (Å²) in [6.45, 7) is 6.24. The summed E-state index contributed by atoms with van der Waals surface area (Å²) in [6, 6.07) is 12.0. The molecule has 0 aliphatic rings. The topological polar surface area (TPSA) is 58.6 Å². The number of halogens is 2. The summed E-state index contributed by atoms with van der Waals surface area (Å²) in [5, 5.41) is 3.64. The van der Waals surface area contributed by atoms with E-state index in [4.69, 9.17) is 27.9 Å². The Bertz CT molecular complexity index is 840. The summed E-state index contributed by atoms with van der Waals surface area (Å²) < 4.78 is 5.65. The van der Waals surface area contributed by atoms with E-state index >= 15 is 0 Å². The number of rotatable bonds is 9. The monoisotopic (exact) mass is 436 g/mol. The third-order valence-electron chi connectivity index (χ3n) is 4.46. The van der Waals surface area contributed by atoms with Crippen molar-refractivity contribution >= 4 is 35.0 Å². The average molecular weight is 437 g/mol. The fraction of sp³-hybridized carbons (Fsp3) is 0.364. The smallest absolute Gasteiger partial charge is 0.261 e. The summed E-state index contributed by atoms with van der Waals surface area (Å²) in [4.78, 5) is 27.1. The molecule has 2 aromatic carbocycles. The lowest BCUT2D eigenvalue weighted by Gasteiger charge is -2.30. The van der Waals surface area contributed by atoms with Gasteiger partial charge in [-0.3, -0.25) is 9.59 Å². The zero-order chi connectivity index (χ0) is 21.4. The van der Waals surface area contributed by atoms with Gasteiger partial charge in [0, 0.05) is 13.1 Å². The minimum atomic E-state index is -0.612. The Labute approximate surface area is 181 Å². The minimum absolute atomic E-state index is 0.166. The number of amides is 2. The summed E-state index contributed by atoms with van der Waals surface area (Å²) in [7, 11) is 0. The molecule has 0 fully saturated rings. The van der Waals surface area contributed by atoms with Crippen LogP contribution < -0.4 is 10.1 Å². The molecule has 0 saturated heterocycles. The molecule has 0 radical (unpaired) electrons. The van der Waals surface area contributed by atoms with Gasteiger partial charge in [0.15, 0.2) is 6.61 Å². The lowest BCUT2D eigenvalue weighted by Crippen LogP contribution is -2.50. The number of hydrogen-bond donors (Lipinski definition) is 1. The number of benzene rings is 2. The minimum Gasteiger partial charge on any atom is -0.484 e. The van der Waals surface area contributed by atoms with E-state index in [1.54, 1.807) is 18.2 Å². The molecule has 5 nitrogen and oxygen atoms in total. The second kappa shape index (κ2) is 11.1. The quantitative estimate of drug-likeness (QED) is 0.623. The molecule has 0 aromatic heterocycles. The summed E-state index contributed by atoms with van der Waals surface area (Å²) in [5.41, 5.74) is 1.89. The van der Waals surface area contributed by atoms with Crippen molar-refractivity contribution in [1.29, 1.82) is 0 Å². The van der Waals surface area contributed by atoms with Crippen molar-refractivity contribution in [2.45, 2.75) is 39.8 Å². The molecule has 0 bridgehead atoms. The van der Waals surface area contributed by atoms with Gasteiger partial charge in [0.1, 0.15) is 11.8 Å². The second-order valence-electron chi connectivity index (χ2n) is 6.69. The van der Waals surface area contributed by atoms with Crippen molar-refractivity contribution in [3.63, 3.8) is 0 Å². The molecule has 1 atom stereocenters. The number of hydrogen-bond acceptors (Lipinski definition) is 3. The van der Waals surface area contributed by atoms with Gasteiger partial charge in [-0.15, -0.1) is 0 Å². The molecule has 2 amide bonds. The SMILES string of the molecule is CCNC(=O)[C@@H](CC)N(Cc1ccc(Cl)c(Cl)c1)C(=O)COc1ccc(C)cc1. The number of carbonyl (C=O) groups excluding carboxylic acids is 2. The molecule has 0 saturated carbocycles. The fourth-order valence-corrected chi connectivity index (χ4v) is 3.23. The normalized spacial score (nSPS) is 11.6. The molecule has 0 unspecified atom stereocenters. The van der Waals surface area contributed by atoms with Crippen molar-refractivity contribution in [2.75, 3.05) is 13.2 Å². The molecule has 156 valence electrons. The van der Waals surface area contributed by atoms with Crippen molar-refractivity contribution in [1.82, 2.24) is 10.2 Å². The number of ether oxygens (including phenoxy) is 1. The van der Waals surface area contributed by atoms with E-state index in [9.17, 15) is 9.59 Å². The third kappa shape index (κ3) is 6.65. The Morgan fingerprint density at radius 1 is 1.07 bits per heavy atom. The molecule has 2 rings (SSSR count). The number of aryl methyl sites for hydroxylation is 1. The predicted octanol–water partition coefficient (Wildman–Crippen LogP) is 4.62. The first-order valence-corrected chi connectivity index (χ1v) is 10.3. The van der Waals surface area contributed by atoms with Gasteiger partial charge < -0.3 is 15.0 Å². The Morgan fingerprint density at radius 2 is 1.76 bits per heavy atom. The van der Waals surface area contributed by atoms with Gasteiger partial charge in [-0.05, 0) is 50.1 Å². The van der Waals surface area contributed by atoms with E-state index in [1.807, 2.05) is 45.0 Å². The average Bonchev–Trinajstić information content (AvgIpc) is 2.70. The lowest BCUT2D eigenvalue weighted by molar-refractivity contribution is -0.142. The molecule has 0 aliphatic heterocycles. The van der Waals surface area contributed by atoms with Crippen LogP contribution in [0, 0.1) is 6.92 Å². The van der Waals surface area contributed by atoms with Gasteiger partial charge in [-0.2, -0.15) is 0 Å². The second-order valence-corrected chi connectivity index (χ2v) is 7.50. The van der Waals surface area contributed by atoms with Crippen molar-refractivity contribution in [3.8, 4) is 5.75 Å². The molecule has 29 heavy (non-hydrogen) atoms. The van der Waals surface area contributed by atoms with Gasteiger partial charge >= 0.3 is 0 Å². The van der Waals surface area contributed by atoms with Crippen LogP contribution >= 0.6 is 23.2 Å². The Kier molecular flexibility index (Phi) is 8.80. The van der Waals surface area contributed by atoms with Crippen LogP contribution in [0.5, 0.6) is 5.75 Å². The van der Waals surface area contributed by atoms with E-state index in [-0.39, 0.29) is 25.0 Å². The molecule has 0 aliphatic carbocycles. The molecule has 0 spiro atoms. The highest BCUT2D eigenvalue weighted by molar-refractivity contribution is 6.42. The fourth-order valence-electron chi connectivity index (χ4n) is 2.91. The van der Waals surface area contributed by atoms with E-state index < -0.39 is 6.04 Å². The zero-order valence-corrected chi connectivity index (χ0v) is 18.4. The maximum atomic E-state index is 13.0. The number of nitrogens with one attached hydrogen (secondary N) is 1. The zero-order valence-electron chi connectivity index (χ0n) is 16.9. The van der Waals surface area contributed by atoms with Gasteiger partial charge in [0.05, 0.1) is 10.0 Å². The molecule has 2 aromatic rings. The Balaban J connectivity index is 2.21. The third-order valence-corrected chi connectivity index (χ3v) is 5.20. The lowest BCUT2D eigenvalue weighted by atomic mass is 10.1. The van der Waals surface area contributed by atoms with E-state index in [1.165, 1.54) is 4.90 Å².